The van der Waals surface area contributed by atoms with Crippen LogP contribution in [0.2, 0.25) is 0 Å². The Balaban J connectivity index is 0.00000289. The topological polar surface area (TPSA) is 79.0 Å². The highest BCUT2D eigenvalue weighted by Gasteiger charge is 2.22. The molecule has 0 radical (unpaired) electrons. The molecule has 7 heteroatoms. The van der Waals surface area contributed by atoms with Crippen LogP contribution in [0.4, 0.5) is 0 Å². The summed E-state index contributed by atoms with van der Waals surface area (Å²) in [5.74, 6) is 0.808. The number of ether oxygens (including phenoxy) is 1. The van der Waals surface area contributed by atoms with Gasteiger partial charge in [0.2, 0.25) is 0 Å². The molecule has 0 spiro atoms. The smallest absolute Gasteiger partial charge is 0.119 e. The van der Waals surface area contributed by atoms with Gasteiger partial charge in [-0.3, -0.25) is 4.90 Å². The Hall–Kier alpha value is -2.12. The fourth-order valence-corrected chi connectivity index (χ4v) is 3.81. The fraction of sp³-hybridized carbons (Fsp3) is 0.333. The van der Waals surface area contributed by atoms with Crippen molar-refractivity contribution >= 4 is 24.8 Å². The van der Waals surface area contributed by atoms with Crippen LogP contribution in [0.3, 0.4) is 0 Å². The predicted octanol–water partition coefficient (Wildman–Crippen LogP) is 4.57. The van der Waals surface area contributed by atoms with Gasteiger partial charge < -0.3 is 20.7 Å². The monoisotopic (exact) mass is 506 g/mol. The maximum Gasteiger partial charge on any atom is 0.119 e. The summed E-state index contributed by atoms with van der Waals surface area (Å²) in [4.78, 5) is 2.16. The van der Waals surface area contributed by atoms with Crippen LogP contribution in [-0.4, -0.2) is 47.4 Å². The minimum absolute atomic E-state index is 0. The van der Waals surface area contributed by atoms with Crippen molar-refractivity contribution in [1.29, 1.82) is 0 Å². The Morgan fingerprint density at radius 2 is 1.24 bits per heavy atom. The van der Waals surface area contributed by atoms with Crippen molar-refractivity contribution < 1.29 is 14.9 Å². The summed E-state index contributed by atoms with van der Waals surface area (Å²) in [5.41, 5.74) is 8.42. The number of aliphatic hydroxyl groups is 2. The van der Waals surface area contributed by atoms with Crippen LogP contribution >= 0.6 is 24.8 Å². The lowest BCUT2D eigenvalue weighted by atomic mass is 10.0. The number of nitrogens with two attached hydrogens (primary N) is 1. The molecule has 4 N–H and O–H groups in total. The second kappa shape index (κ2) is 15.7. The lowest BCUT2D eigenvalue weighted by Gasteiger charge is -2.33. The first-order valence-corrected chi connectivity index (χ1v) is 11.2. The average molecular weight is 508 g/mol. The zero-order valence-corrected chi connectivity index (χ0v) is 21.1. The largest absolute Gasteiger partial charge is 0.492 e. The Labute approximate surface area is 215 Å². The zero-order valence-electron chi connectivity index (χ0n) is 19.5. The van der Waals surface area contributed by atoms with Crippen molar-refractivity contribution in [3.8, 4) is 5.75 Å². The quantitative estimate of drug-likeness (QED) is 0.335. The Bertz CT molecular complexity index is 867. The van der Waals surface area contributed by atoms with E-state index >= 15 is 0 Å². The van der Waals surface area contributed by atoms with E-state index in [1.165, 1.54) is 5.56 Å². The Kier molecular flexibility index (Phi) is 13.8. The van der Waals surface area contributed by atoms with E-state index in [2.05, 4.69) is 24.0 Å². The van der Waals surface area contributed by atoms with Gasteiger partial charge in [-0.2, -0.15) is 0 Å². The molecule has 0 aliphatic heterocycles. The molecule has 0 aromatic heterocycles. The van der Waals surface area contributed by atoms with Crippen LogP contribution in [0.15, 0.2) is 84.9 Å². The highest BCUT2D eigenvalue weighted by Crippen LogP contribution is 2.22. The molecule has 186 valence electrons. The molecular formula is C27H36Cl2N2O3. The first kappa shape index (κ1) is 29.9. The molecule has 3 aromatic rings. The molecule has 0 bridgehead atoms. The number of rotatable bonds is 12. The summed E-state index contributed by atoms with van der Waals surface area (Å²) in [6.07, 6.45) is -0.470. The van der Waals surface area contributed by atoms with Crippen molar-refractivity contribution in [3.63, 3.8) is 0 Å². The van der Waals surface area contributed by atoms with E-state index in [-0.39, 0.29) is 30.9 Å². The number of hydrogen-bond donors (Lipinski definition) is 3. The third-order valence-electron chi connectivity index (χ3n) is 5.65. The van der Waals surface area contributed by atoms with E-state index in [1.807, 2.05) is 72.8 Å². The number of benzene rings is 3. The number of aliphatic hydroxyl groups excluding tert-OH is 2. The minimum atomic E-state index is -0.631. The molecule has 0 saturated heterocycles. The van der Waals surface area contributed by atoms with Crippen molar-refractivity contribution in [2.24, 2.45) is 5.73 Å². The molecule has 0 saturated carbocycles. The molecule has 0 fully saturated rings. The first-order chi connectivity index (χ1) is 15.6. The molecule has 34 heavy (non-hydrogen) atoms. The van der Waals surface area contributed by atoms with Gasteiger partial charge in [0.15, 0.2) is 0 Å². The summed E-state index contributed by atoms with van der Waals surface area (Å²) in [6.45, 7) is 3.99. The summed E-state index contributed by atoms with van der Waals surface area (Å²) in [5, 5.41) is 21.7. The van der Waals surface area contributed by atoms with Crippen LogP contribution in [0, 0.1) is 0 Å². The van der Waals surface area contributed by atoms with Gasteiger partial charge >= 0.3 is 0 Å². The molecule has 0 heterocycles. The number of halogens is 2. The van der Waals surface area contributed by atoms with E-state index in [9.17, 15) is 10.2 Å². The molecule has 3 rings (SSSR count). The van der Waals surface area contributed by atoms with E-state index in [1.54, 1.807) is 0 Å². The van der Waals surface area contributed by atoms with Gasteiger partial charge in [0.1, 0.15) is 12.4 Å². The molecule has 3 atom stereocenters. The average Bonchev–Trinajstić information content (AvgIpc) is 2.84. The third-order valence-corrected chi connectivity index (χ3v) is 5.65. The van der Waals surface area contributed by atoms with Crippen LogP contribution in [-0.2, 0) is 6.42 Å². The van der Waals surface area contributed by atoms with Gasteiger partial charge in [0.25, 0.3) is 0 Å². The number of nitrogens with zero attached hydrogens (tertiary/aromatic N) is 1. The SMILES string of the molecule is C[C@H](Cc1ccc(OCCN)cc1)N(C[C@@H](O)c1ccccc1)C[C@@H](O)c1ccccc1.Cl.Cl. The highest BCUT2D eigenvalue weighted by atomic mass is 35.5. The van der Waals surface area contributed by atoms with Gasteiger partial charge in [-0.25, -0.2) is 0 Å². The van der Waals surface area contributed by atoms with E-state index in [0.29, 0.717) is 26.2 Å². The summed E-state index contributed by atoms with van der Waals surface area (Å²) < 4.78 is 5.56. The van der Waals surface area contributed by atoms with Gasteiger partial charge in [-0.15, -0.1) is 24.8 Å². The van der Waals surface area contributed by atoms with Crippen molar-refractivity contribution in [3.05, 3.63) is 102 Å². The van der Waals surface area contributed by atoms with E-state index in [0.717, 1.165) is 23.3 Å². The van der Waals surface area contributed by atoms with E-state index in [4.69, 9.17) is 10.5 Å². The minimum Gasteiger partial charge on any atom is -0.492 e. The maximum atomic E-state index is 10.9. The third kappa shape index (κ3) is 9.26. The van der Waals surface area contributed by atoms with Gasteiger partial charge in [-0.1, -0.05) is 72.8 Å². The standard InChI is InChI=1S/C27H34N2O3.2ClH/c1-21(18-22-12-14-25(15-13-22)32-17-16-28)29(19-26(30)23-8-4-2-5-9-23)20-27(31)24-10-6-3-7-11-24;;/h2-15,21,26-27,30-31H,16-20,28H2,1H3;2*1H/t21-,26-,27-;;/m1../s1. The predicted molar refractivity (Wildman–Crippen MR) is 143 cm³/mol. The first-order valence-electron chi connectivity index (χ1n) is 11.2. The molecule has 0 amide bonds. The molecule has 0 aliphatic carbocycles. The zero-order chi connectivity index (χ0) is 22.8. The molecule has 0 aliphatic rings. The lowest BCUT2D eigenvalue weighted by molar-refractivity contribution is 0.0480. The Morgan fingerprint density at radius 3 is 1.68 bits per heavy atom. The molecule has 3 aromatic carbocycles. The van der Waals surface area contributed by atoms with Gasteiger partial charge in [0.05, 0.1) is 12.2 Å². The van der Waals surface area contributed by atoms with Crippen LogP contribution in [0.5, 0.6) is 5.75 Å². The van der Waals surface area contributed by atoms with Crippen LogP contribution in [0.1, 0.15) is 35.8 Å². The summed E-state index contributed by atoms with van der Waals surface area (Å²) >= 11 is 0. The highest BCUT2D eigenvalue weighted by molar-refractivity contribution is 5.85. The normalized spacial score (nSPS) is 13.3. The molecule has 5 nitrogen and oxygen atoms in total. The molecule has 0 unspecified atom stereocenters. The van der Waals surface area contributed by atoms with Gasteiger partial charge in [-0.05, 0) is 42.2 Å². The lowest BCUT2D eigenvalue weighted by Crippen LogP contribution is -2.40. The molecular weight excluding hydrogens is 471 g/mol. The van der Waals surface area contributed by atoms with Crippen LogP contribution in [0.25, 0.3) is 0 Å². The van der Waals surface area contributed by atoms with Crippen molar-refractivity contribution in [2.75, 3.05) is 26.2 Å². The van der Waals surface area contributed by atoms with Gasteiger partial charge in [0, 0.05) is 25.7 Å². The maximum absolute atomic E-state index is 10.9. The van der Waals surface area contributed by atoms with Crippen molar-refractivity contribution in [2.45, 2.75) is 31.6 Å². The Morgan fingerprint density at radius 1 is 0.765 bits per heavy atom. The number of hydrogen-bond acceptors (Lipinski definition) is 5. The van der Waals surface area contributed by atoms with Crippen LogP contribution < -0.4 is 10.5 Å². The fourth-order valence-electron chi connectivity index (χ4n) is 3.81. The second-order valence-corrected chi connectivity index (χ2v) is 8.14. The summed E-state index contributed by atoms with van der Waals surface area (Å²) in [7, 11) is 0. The van der Waals surface area contributed by atoms with Crippen molar-refractivity contribution in [1.82, 2.24) is 4.90 Å². The second-order valence-electron chi connectivity index (χ2n) is 8.14. The summed E-state index contributed by atoms with van der Waals surface area (Å²) in [6, 6.07) is 27.5. The van der Waals surface area contributed by atoms with E-state index < -0.39 is 12.2 Å².